The Kier molecular flexibility index (Phi) is 8.65. The average molecular weight is 732 g/mol. The minimum atomic E-state index is -4.93. The van der Waals surface area contributed by atoms with Gasteiger partial charge in [-0.05, 0) is 70.2 Å². The van der Waals surface area contributed by atoms with Gasteiger partial charge in [0.1, 0.15) is 17.2 Å². The molecule has 1 atom stereocenters. The summed E-state index contributed by atoms with van der Waals surface area (Å²) in [7, 11) is -4.44. The van der Waals surface area contributed by atoms with Gasteiger partial charge in [0.2, 0.25) is 0 Å². The molecule has 1 N–H and O–H groups in total. The predicted molar refractivity (Wildman–Crippen MR) is 175 cm³/mol. The van der Waals surface area contributed by atoms with E-state index in [1.54, 1.807) is 39.8 Å². The number of aryl methyl sites for hydroxylation is 1. The minimum Gasteiger partial charge on any atom is -0.465 e. The fourth-order valence-corrected chi connectivity index (χ4v) is 8.33. The third-order valence-electron chi connectivity index (χ3n) is 9.02. The van der Waals surface area contributed by atoms with Crippen LogP contribution < -0.4 is 4.90 Å². The van der Waals surface area contributed by atoms with E-state index in [0.717, 1.165) is 36.4 Å². The third kappa shape index (κ3) is 6.17. The molecular formula is C34H33F4N5O7S. The van der Waals surface area contributed by atoms with Gasteiger partial charge in [0.25, 0.3) is 21.8 Å². The molecule has 0 bridgehead atoms. The number of pyridine rings is 1. The van der Waals surface area contributed by atoms with Crippen LogP contribution in [0.5, 0.6) is 0 Å². The molecule has 2 aromatic heterocycles. The summed E-state index contributed by atoms with van der Waals surface area (Å²) in [6, 6.07) is 13.4. The largest absolute Gasteiger partial charge is 0.522 e. The summed E-state index contributed by atoms with van der Waals surface area (Å²) in [6.07, 6.45) is -6.33. The molecule has 51 heavy (non-hydrogen) atoms. The van der Waals surface area contributed by atoms with Gasteiger partial charge in [-0.3, -0.25) is 19.2 Å². The number of carboxylic acid groups (broad SMARTS) is 1. The van der Waals surface area contributed by atoms with E-state index >= 15 is 0 Å². The second kappa shape index (κ2) is 12.3. The van der Waals surface area contributed by atoms with Gasteiger partial charge < -0.3 is 14.9 Å². The fourth-order valence-electron chi connectivity index (χ4n) is 6.81. The van der Waals surface area contributed by atoms with Crippen LogP contribution in [0, 0.1) is 12.7 Å². The van der Waals surface area contributed by atoms with Crippen LogP contribution in [0.15, 0.2) is 65.6 Å². The number of amides is 3. The molecule has 2 aromatic carbocycles. The molecule has 1 saturated heterocycles. The second-order valence-electron chi connectivity index (χ2n) is 13.4. The van der Waals surface area contributed by atoms with E-state index in [2.05, 4.69) is 9.72 Å². The monoisotopic (exact) mass is 731 g/mol. The summed E-state index contributed by atoms with van der Waals surface area (Å²) in [6.45, 7) is 4.80. The number of halogens is 4. The van der Waals surface area contributed by atoms with Gasteiger partial charge in [-0.25, -0.2) is 26.6 Å². The Hall–Kier alpha value is -5.03. The van der Waals surface area contributed by atoms with Gasteiger partial charge in [-0.2, -0.15) is 0 Å². The number of hydrogen-bond donors (Lipinski definition) is 1. The molecule has 4 heterocycles. The van der Waals surface area contributed by atoms with E-state index in [9.17, 15) is 45.5 Å². The van der Waals surface area contributed by atoms with Gasteiger partial charge >= 0.3 is 12.5 Å². The number of likely N-dealkylation sites (tertiary alicyclic amines) is 1. The van der Waals surface area contributed by atoms with Gasteiger partial charge in [0.15, 0.2) is 0 Å². The van der Waals surface area contributed by atoms with Gasteiger partial charge in [0.05, 0.1) is 34.8 Å². The molecule has 0 radical (unpaired) electrons. The quantitative estimate of drug-likeness (QED) is 0.230. The zero-order chi connectivity index (χ0) is 37.3. The first-order chi connectivity index (χ1) is 23.8. The van der Waals surface area contributed by atoms with E-state index < -0.39 is 70.9 Å². The second-order valence-corrected chi connectivity index (χ2v) is 15.1. The molecule has 1 spiro atoms. The highest BCUT2D eigenvalue weighted by Gasteiger charge is 2.59. The van der Waals surface area contributed by atoms with Crippen molar-refractivity contribution in [3.05, 3.63) is 88.9 Å². The van der Waals surface area contributed by atoms with Crippen LogP contribution in [0.1, 0.15) is 54.4 Å². The molecule has 2 aliphatic rings. The number of carbonyl (C=O) groups is 3. The summed E-state index contributed by atoms with van der Waals surface area (Å²) < 4.78 is 86.3. The molecule has 1 fully saturated rings. The third-order valence-corrected chi connectivity index (χ3v) is 10.8. The molecule has 0 saturated carbocycles. The Balaban J connectivity index is 1.51. The lowest BCUT2D eigenvalue weighted by atomic mass is 9.87. The van der Waals surface area contributed by atoms with Crippen molar-refractivity contribution in [3.63, 3.8) is 0 Å². The molecule has 4 aromatic rings. The molecule has 0 unspecified atom stereocenters. The maximum absolute atomic E-state index is 14.5. The van der Waals surface area contributed by atoms with Crippen molar-refractivity contribution in [3.8, 4) is 0 Å². The first kappa shape index (κ1) is 35.8. The van der Waals surface area contributed by atoms with E-state index in [-0.39, 0.29) is 51.5 Å². The van der Waals surface area contributed by atoms with E-state index in [1.165, 1.54) is 36.4 Å². The molecule has 2 aliphatic heterocycles. The minimum absolute atomic E-state index is 0.00165. The van der Waals surface area contributed by atoms with Crippen LogP contribution in [0.4, 0.5) is 28.2 Å². The SMILES string of the molecule is Cc1ccc(S(=O)(=O)n2c(CN3C(=O)c4cc(F)ccc4[C@]34CCN(CCOC(F)(F)F)C4=O)cc3nc(N(C(=O)O)C(C)(C)C)ccc32)cc1. The Morgan fingerprint density at radius 3 is 2.35 bits per heavy atom. The van der Waals surface area contributed by atoms with Crippen molar-refractivity contribution in [1.82, 2.24) is 18.8 Å². The van der Waals surface area contributed by atoms with Crippen LogP contribution in [0.2, 0.25) is 0 Å². The smallest absolute Gasteiger partial charge is 0.465 e. The summed E-state index contributed by atoms with van der Waals surface area (Å²) in [5, 5.41) is 9.99. The van der Waals surface area contributed by atoms with E-state index in [1.807, 2.05) is 0 Å². The van der Waals surface area contributed by atoms with Crippen LogP contribution in [-0.4, -0.2) is 81.8 Å². The molecule has 0 aliphatic carbocycles. The number of aromatic nitrogens is 2. The summed E-state index contributed by atoms with van der Waals surface area (Å²) in [5.41, 5.74) is -1.93. The molecule has 12 nitrogen and oxygen atoms in total. The molecule has 6 rings (SSSR count). The number of rotatable bonds is 8. The lowest BCUT2D eigenvalue weighted by Gasteiger charge is -2.34. The number of anilines is 1. The first-order valence-electron chi connectivity index (χ1n) is 15.7. The number of carbonyl (C=O) groups excluding carboxylic acids is 2. The number of fused-ring (bicyclic) bond motifs is 3. The maximum Gasteiger partial charge on any atom is 0.522 e. The van der Waals surface area contributed by atoms with Crippen molar-refractivity contribution in [2.45, 2.75) is 63.0 Å². The normalized spacial score (nSPS) is 18.0. The zero-order valence-corrected chi connectivity index (χ0v) is 28.7. The summed E-state index contributed by atoms with van der Waals surface area (Å²) in [5.74, 6) is -2.30. The van der Waals surface area contributed by atoms with E-state index in [0.29, 0.717) is 0 Å². The highest BCUT2D eigenvalue weighted by atomic mass is 32.2. The zero-order valence-electron chi connectivity index (χ0n) is 27.9. The maximum atomic E-state index is 14.5. The highest BCUT2D eigenvalue weighted by Crippen LogP contribution is 2.48. The van der Waals surface area contributed by atoms with Crippen LogP contribution in [0.25, 0.3) is 11.0 Å². The summed E-state index contributed by atoms with van der Waals surface area (Å²) in [4.78, 5) is 48.1. The fraction of sp³-hybridized carbons (Fsp3) is 0.353. The lowest BCUT2D eigenvalue weighted by molar-refractivity contribution is -0.324. The van der Waals surface area contributed by atoms with Crippen LogP contribution in [0.3, 0.4) is 0 Å². The van der Waals surface area contributed by atoms with Gasteiger partial charge in [0, 0.05) is 36.2 Å². The Morgan fingerprint density at radius 1 is 1.04 bits per heavy atom. The van der Waals surface area contributed by atoms with Gasteiger partial charge in [-0.15, -0.1) is 13.2 Å². The average Bonchev–Trinajstić information content (AvgIpc) is 3.62. The lowest BCUT2D eigenvalue weighted by Crippen LogP contribution is -2.50. The number of hydrogen-bond acceptors (Lipinski definition) is 7. The number of nitrogens with zero attached hydrogens (tertiary/aromatic N) is 5. The van der Waals surface area contributed by atoms with Crippen molar-refractivity contribution in [2.75, 3.05) is 24.6 Å². The van der Waals surface area contributed by atoms with Gasteiger partial charge in [-0.1, -0.05) is 23.8 Å². The first-order valence-corrected chi connectivity index (χ1v) is 17.2. The highest BCUT2D eigenvalue weighted by molar-refractivity contribution is 7.90. The Bertz CT molecular complexity index is 2180. The van der Waals surface area contributed by atoms with E-state index in [4.69, 9.17) is 0 Å². The number of alkyl halides is 3. The van der Waals surface area contributed by atoms with Crippen molar-refractivity contribution in [2.24, 2.45) is 0 Å². The Morgan fingerprint density at radius 2 is 1.73 bits per heavy atom. The topological polar surface area (TPSA) is 142 Å². The van der Waals surface area contributed by atoms with Crippen molar-refractivity contribution < 1.29 is 50.2 Å². The molecule has 270 valence electrons. The standard InChI is InChI=1S/C34H33F4N5O7S/c1-20-5-8-23(9-6-20)51(48,49)43-22(18-26-27(43)11-12-28(39-26)42(31(46)47)32(2,3)4)19-41-29(44)24-17-21(35)7-10-25(24)33(41)13-14-40(30(33)45)15-16-50-34(36,37)38/h5-12,17-18H,13-16,19H2,1-4H3,(H,46,47)/t33-/m0/s1. The summed E-state index contributed by atoms with van der Waals surface area (Å²) >= 11 is 0. The number of benzene rings is 2. The van der Waals surface area contributed by atoms with Crippen molar-refractivity contribution >= 4 is 44.8 Å². The van der Waals surface area contributed by atoms with Crippen LogP contribution >= 0.6 is 0 Å². The Labute approximate surface area is 289 Å². The predicted octanol–water partition coefficient (Wildman–Crippen LogP) is 5.62. The van der Waals surface area contributed by atoms with Crippen LogP contribution in [-0.2, 0) is 31.6 Å². The number of ether oxygens (including phenoxy) is 1. The molecular weight excluding hydrogens is 698 g/mol. The molecule has 3 amide bonds. The van der Waals surface area contributed by atoms with Crippen molar-refractivity contribution in [1.29, 1.82) is 0 Å². The molecule has 17 heteroatoms.